The first-order chi connectivity index (χ1) is 8.13. The van der Waals surface area contributed by atoms with Crippen LogP contribution in [0.5, 0.6) is 0 Å². The summed E-state index contributed by atoms with van der Waals surface area (Å²) < 4.78 is 9.03. The van der Waals surface area contributed by atoms with Gasteiger partial charge in [-0.25, -0.2) is 9.59 Å². The average molecular weight is 275 g/mol. The summed E-state index contributed by atoms with van der Waals surface area (Å²) in [5.41, 5.74) is 11.2. The van der Waals surface area contributed by atoms with E-state index in [0.717, 1.165) is 5.56 Å². The predicted octanol–water partition coefficient (Wildman–Crippen LogP) is 0.574. The van der Waals surface area contributed by atoms with Crippen molar-refractivity contribution in [2.75, 3.05) is 6.54 Å². The first-order valence-electron chi connectivity index (χ1n) is 5.01. The molecular weight excluding hydrogens is 260 g/mol. The quantitative estimate of drug-likeness (QED) is 0.614. The zero-order valence-corrected chi connectivity index (χ0v) is 10.4. The zero-order chi connectivity index (χ0) is 12.7. The fourth-order valence-corrected chi connectivity index (χ4v) is 1.00. The van der Waals surface area contributed by atoms with Crippen LogP contribution in [-0.4, -0.2) is 24.7 Å². The van der Waals surface area contributed by atoms with Crippen LogP contribution in [0.3, 0.4) is 0 Å². The van der Waals surface area contributed by atoms with Crippen LogP contribution in [0.4, 0.5) is 4.79 Å². The Morgan fingerprint density at radius 1 is 1.22 bits per heavy atom. The molecule has 4 N–H and O–H groups in total. The Balaban J connectivity index is 0.00000289. The van der Waals surface area contributed by atoms with Gasteiger partial charge < -0.3 is 20.9 Å². The van der Waals surface area contributed by atoms with E-state index in [9.17, 15) is 9.59 Å². The first kappa shape index (κ1) is 16.4. The molecule has 0 fully saturated rings. The van der Waals surface area contributed by atoms with E-state index >= 15 is 0 Å². The molecule has 0 saturated heterocycles. The van der Waals surface area contributed by atoms with Crippen molar-refractivity contribution in [2.24, 2.45) is 11.5 Å². The number of ether oxygens (including phenoxy) is 2. The number of benzene rings is 1. The molecule has 0 bridgehead atoms. The maximum atomic E-state index is 11.1. The SMILES string of the molecule is Cl.NCC(N)C(=O)OC(=O)OCc1ccccc1. The van der Waals surface area contributed by atoms with Gasteiger partial charge in [0.05, 0.1) is 0 Å². The maximum Gasteiger partial charge on any atom is 0.516 e. The van der Waals surface area contributed by atoms with Crippen molar-refractivity contribution in [3.8, 4) is 0 Å². The molecule has 6 nitrogen and oxygen atoms in total. The summed E-state index contributed by atoms with van der Waals surface area (Å²) in [6.07, 6.45) is -1.08. The number of carbonyl (C=O) groups is 2. The number of rotatable bonds is 4. The lowest BCUT2D eigenvalue weighted by atomic mass is 10.2. The summed E-state index contributed by atoms with van der Waals surface area (Å²) in [5, 5.41) is 0. The molecule has 1 aromatic rings. The van der Waals surface area contributed by atoms with Crippen molar-refractivity contribution in [3.05, 3.63) is 35.9 Å². The highest BCUT2D eigenvalue weighted by atomic mass is 35.5. The Bertz CT molecular complexity index is 386. The molecule has 0 saturated carbocycles. The number of halogens is 1. The smallest absolute Gasteiger partial charge is 0.429 e. The second-order valence-corrected chi connectivity index (χ2v) is 3.29. The van der Waals surface area contributed by atoms with Crippen molar-refractivity contribution in [1.29, 1.82) is 0 Å². The van der Waals surface area contributed by atoms with Crippen LogP contribution in [0.15, 0.2) is 30.3 Å². The maximum absolute atomic E-state index is 11.1. The van der Waals surface area contributed by atoms with E-state index in [1.165, 1.54) is 0 Å². The number of carbonyl (C=O) groups excluding carboxylic acids is 2. The van der Waals surface area contributed by atoms with E-state index in [4.69, 9.17) is 16.2 Å². The number of hydrogen-bond acceptors (Lipinski definition) is 6. The highest BCUT2D eigenvalue weighted by molar-refractivity contribution is 5.85. The fourth-order valence-electron chi connectivity index (χ4n) is 1.00. The molecule has 0 aromatic heterocycles. The molecule has 1 rings (SSSR count). The zero-order valence-electron chi connectivity index (χ0n) is 9.57. The summed E-state index contributed by atoms with van der Waals surface area (Å²) in [6, 6.07) is 7.99. The number of hydrogen-bond donors (Lipinski definition) is 2. The van der Waals surface area contributed by atoms with Crippen LogP contribution in [0.25, 0.3) is 0 Å². The molecule has 1 aromatic carbocycles. The lowest BCUT2D eigenvalue weighted by molar-refractivity contribution is -0.141. The third-order valence-electron chi connectivity index (χ3n) is 1.94. The van der Waals surface area contributed by atoms with E-state index in [0.29, 0.717) is 0 Å². The number of nitrogens with two attached hydrogens (primary N) is 2. The minimum atomic E-state index is -1.08. The van der Waals surface area contributed by atoms with Crippen LogP contribution in [-0.2, 0) is 20.9 Å². The Hall–Kier alpha value is -1.63. The summed E-state index contributed by atoms with van der Waals surface area (Å²) in [5.74, 6) is -0.898. The Morgan fingerprint density at radius 3 is 2.39 bits per heavy atom. The molecule has 0 radical (unpaired) electrons. The van der Waals surface area contributed by atoms with Gasteiger partial charge in [0.2, 0.25) is 0 Å². The number of esters is 1. The highest BCUT2D eigenvalue weighted by Gasteiger charge is 2.18. The van der Waals surface area contributed by atoms with Gasteiger partial charge in [-0.2, -0.15) is 0 Å². The normalized spacial score (nSPS) is 11.0. The second-order valence-electron chi connectivity index (χ2n) is 3.29. The molecule has 1 unspecified atom stereocenters. The molecule has 0 spiro atoms. The van der Waals surface area contributed by atoms with Crippen molar-refractivity contribution < 1.29 is 19.1 Å². The van der Waals surface area contributed by atoms with Crippen LogP contribution in [0, 0.1) is 0 Å². The third kappa shape index (κ3) is 5.62. The minimum Gasteiger partial charge on any atom is -0.429 e. The van der Waals surface area contributed by atoms with Crippen molar-refractivity contribution in [1.82, 2.24) is 0 Å². The Morgan fingerprint density at radius 2 is 1.83 bits per heavy atom. The monoisotopic (exact) mass is 274 g/mol. The first-order valence-corrected chi connectivity index (χ1v) is 5.01. The lowest BCUT2D eigenvalue weighted by Crippen LogP contribution is -2.40. The molecule has 0 aliphatic rings. The minimum absolute atomic E-state index is 0. The van der Waals surface area contributed by atoms with Gasteiger partial charge in [-0.3, -0.25) is 0 Å². The summed E-state index contributed by atoms with van der Waals surface area (Å²) in [7, 11) is 0. The van der Waals surface area contributed by atoms with Crippen molar-refractivity contribution in [3.63, 3.8) is 0 Å². The van der Waals surface area contributed by atoms with E-state index < -0.39 is 18.2 Å². The molecule has 18 heavy (non-hydrogen) atoms. The van der Waals surface area contributed by atoms with Gasteiger partial charge in [-0.15, -0.1) is 12.4 Å². The molecule has 0 heterocycles. The van der Waals surface area contributed by atoms with E-state index in [1.807, 2.05) is 6.07 Å². The van der Waals surface area contributed by atoms with Crippen LogP contribution in [0.1, 0.15) is 5.56 Å². The van der Waals surface area contributed by atoms with Gasteiger partial charge in [0.25, 0.3) is 0 Å². The van der Waals surface area contributed by atoms with Gasteiger partial charge in [-0.05, 0) is 5.56 Å². The largest absolute Gasteiger partial charge is 0.516 e. The van der Waals surface area contributed by atoms with Crippen molar-refractivity contribution >= 4 is 24.5 Å². The molecule has 100 valence electrons. The highest BCUT2D eigenvalue weighted by Crippen LogP contribution is 2.01. The molecule has 7 heteroatoms. The van der Waals surface area contributed by atoms with Gasteiger partial charge in [-0.1, -0.05) is 30.3 Å². The predicted molar refractivity (Wildman–Crippen MR) is 67.0 cm³/mol. The van der Waals surface area contributed by atoms with Crippen LogP contribution in [0.2, 0.25) is 0 Å². The third-order valence-corrected chi connectivity index (χ3v) is 1.94. The summed E-state index contributed by atoms with van der Waals surface area (Å²) >= 11 is 0. The molecule has 0 aliphatic carbocycles. The topological polar surface area (TPSA) is 105 Å². The van der Waals surface area contributed by atoms with Gasteiger partial charge >= 0.3 is 12.1 Å². The average Bonchev–Trinajstić information content (AvgIpc) is 2.36. The molecular formula is C11H15ClN2O4. The standard InChI is InChI=1S/C11H14N2O4.ClH/c12-6-9(13)10(14)17-11(15)16-7-8-4-2-1-3-5-8;/h1-5,9H,6-7,12-13H2;1H. The van der Waals surface area contributed by atoms with E-state index in [1.54, 1.807) is 24.3 Å². The summed E-state index contributed by atoms with van der Waals surface area (Å²) in [6.45, 7) is -0.0599. The molecule has 1 atom stereocenters. The van der Waals surface area contributed by atoms with Crippen LogP contribution < -0.4 is 11.5 Å². The second kappa shape index (κ2) is 8.46. The van der Waals surface area contributed by atoms with E-state index in [2.05, 4.69) is 4.74 Å². The Labute approximate surface area is 111 Å². The van der Waals surface area contributed by atoms with Crippen molar-refractivity contribution in [2.45, 2.75) is 12.6 Å². The van der Waals surface area contributed by atoms with E-state index in [-0.39, 0.29) is 25.6 Å². The summed E-state index contributed by atoms with van der Waals surface area (Å²) in [4.78, 5) is 22.2. The Kier molecular flexibility index (Phi) is 7.69. The van der Waals surface area contributed by atoms with Gasteiger partial charge in [0.15, 0.2) is 0 Å². The molecule has 0 amide bonds. The lowest BCUT2D eigenvalue weighted by Gasteiger charge is -2.08. The van der Waals surface area contributed by atoms with Gasteiger partial charge in [0, 0.05) is 6.54 Å². The van der Waals surface area contributed by atoms with Crippen LogP contribution >= 0.6 is 12.4 Å². The molecule has 0 aliphatic heterocycles. The van der Waals surface area contributed by atoms with Gasteiger partial charge in [0.1, 0.15) is 12.6 Å². The fraction of sp³-hybridized carbons (Fsp3) is 0.273.